The van der Waals surface area contributed by atoms with Crippen molar-refractivity contribution in [1.82, 2.24) is 24.2 Å². The number of sulfonamides is 1. The predicted molar refractivity (Wildman–Crippen MR) is 120 cm³/mol. The van der Waals surface area contributed by atoms with E-state index in [2.05, 4.69) is 19.9 Å². The average molecular weight is 517 g/mol. The van der Waals surface area contributed by atoms with Crippen LogP contribution in [0.25, 0.3) is 22.3 Å². The van der Waals surface area contributed by atoms with E-state index < -0.39 is 40.9 Å². The fourth-order valence-electron chi connectivity index (χ4n) is 3.85. The van der Waals surface area contributed by atoms with Crippen LogP contribution in [0, 0.1) is 0 Å². The van der Waals surface area contributed by atoms with E-state index in [9.17, 15) is 26.4 Å². The Labute approximate surface area is 198 Å². The lowest BCUT2D eigenvalue weighted by atomic mass is 10.0. The zero-order valence-corrected chi connectivity index (χ0v) is 19.5. The number of fused-ring (bicyclic) bond motifs is 1. The molecule has 34 heavy (non-hydrogen) atoms. The molecule has 1 saturated heterocycles. The Bertz CT molecular complexity index is 1330. The number of aromatic amines is 1. The number of Topliss-reactive ketones (excluding diaryl/α,β-unsaturated/α-hetero) is 1. The van der Waals surface area contributed by atoms with Crippen molar-refractivity contribution >= 4 is 44.3 Å². The lowest BCUT2D eigenvalue weighted by Gasteiger charge is -2.40. The van der Waals surface area contributed by atoms with Gasteiger partial charge in [-0.2, -0.15) is 17.5 Å². The molecule has 1 aliphatic heterocycles. The molecule has 182 valence electrons. The van der Waals surface area contributed by atoms with E-state index in [4.69, 9.17) is 11.6 Å². The smallest absolute Gasteiger partial charge is 0.345 e. The third-order valence-corrected chi connectivity index (χ3v) is 7.00. The number of halogens is 4. The van der Waals surface area contributed by atoms with Gasteiger partial charge < -0.3 is 9.88 Å². The number of nitrogens with one attached hydrogen (secondary N) is 1. The number of carbonyl (C=O) groups excluding carboxylic acids is 1. The summed E-state index contributed by atoms with van der Waals surface area (Å²) in [7, 11) is -3.64. The van der Waals surface area contributed by atoms with Crippen LogP contribution < -0.4 is 4.90 Å². The zero-order valence-electron chi connectivity index (χ0n) is 17.9. The SMILES string of the molecule is CS(=O)(=O)N1CCN(c2cncc(-c3c[nH]c4ncc(Cl)cc34)n2)[C@@H](C(=O)CCC(F)(F)F)C1. The highest BCUT2D eigenvalue weighted by Gasteiger charge is 2.38. The maximum atomic E-state index is 12.8. The van der Waals surface area contributed by atoms with Crippen LogP contribution in [0.4, 0.5) is 19.0 Å². The number of alkyl halides is 3. The Morgan fingerprint density at radius 1 is 1.26 bits per heavy atom. The molecule has 9 nitrogen and oxygen atoms in total. The number of H-pyrrole nitrogens is 1. The fraction of sp³-hybridized carbons (Fsp3) is 0.400. The van der Waals surface area contributed by atoms with Crippen LogP contribution in [0.3, 0.4) is 0 Å². The highest BCUT2D eigenvalue weighted by atomic mass is 35.5. The Balaban J connectivity index is 1.68. The molecule has 0 unspecified atom stereocenters. The van der Waals surface area contributed by atoms with Gasteiger partial charge in [0.15, 0.2) is 5.78 Å². The molecule has 1 fully saturated rings. The van der Waals surface area contributed by atoms with Gasteiger partial charge in [0.2, 0.25) is 10.0 Å². The summed E-state index contributed by atoms with van der Waals surface area (Å²) in [5.74, 6) is -0.471. The minimum atomic E-state index is -4.50. The van der Waals surface area contributed by atoms with E-state index in [1.54, 1.807) is 12.3 Å². The van der Waals surface area contributed by atoms with E-state index in [0.717, 1.165) is 10.6 Å². The molecule has 0 radical (unpaired) electrons. The van der Waals surface area contributed by atoms with Crippen LogP contribution in [0.5, 0.6) is 0 Å². The molecule has 0 bridgehead atoms. The van der Waals surface area contributed by atoms with E-state index >= 15 is 0 Å². The van der Waals surface area contributed by atoms with Crippen molar-refractivity contribution in [1.29, 1.82) is 0 Å². The first-order valence-electron chi connectivity index (χ1n) is 10.2. The van der Waals surface area contributed by atoms with Gasteiger partial charge in [0.1, 0.15) is 17.5 Å². The first-order valence-corrected chi connectivity index (χ1v) is 12.4. The molecule has 1 N–H and O–H groups in total. The Hall–Kier alpha value is -2.77. The molecular weight excluding hydrogens is 497 g/mol. The van der Waals surface area contributed by atoms with Crippen LogP contribution >= 0.6 is 11.6 Å². The lowest BCUT2D eigenvalue weighted by molar-refractivity contribution is -0.143. The number of hydrogen-bond donors (Lipinski definition) is 1. The Morgan fingerprint density at radius 2 is 2.03 bits per heavy atom. The third-order valence-electron chi connectivity index (χ3n) is 5.53. The molecule has 0 spiro atoms. The van der Waals surface area contributed by atoms with Crippen LogP contribution in [-0.4, -0.2) is 76.6 Å². The van der Waals surface area contributed by atoms with Crippen molar-refractivity contribution in [3.63, 3.8) is 0 Å². The molecule has 14 heteroatoms. The van der Waals surface area contributed by atoms with Gasteiger partial charge in [-0.25, -0.2) is 18.4 Å². The standard InChI is InChI=1S/C20H20ClF3N6O3S/c1-34(32,33)29-4-5-30(16(11-29)17(31)2-3-20(22,23)24)18-10-25-9-15(28-18)14-8-27-19-13(14)6-12(21)7-26-19/h6-10,16H,2-5,11H2,1H3,(H,26,27)/t16-/m1/s1. The minimum absolute atomic E-state index is 0.0560. The molecule has 0 saturated carbocycles. The molecule has 0 aromatic carbocycles. The van der Waals surface area contributed by atoms with Gasteiger partial charge >= 0.3 is 6.18 Å². The number of hydrogen-bond acceptors (Lipinski definition) is 7. The second-order valence-electron chi connectivity index (χ2n) is 7.93. The van der Waals surface area contributed by atoms with Gasteiger partial charge in [-0.15, -0.1) is 0 Å². The van der Waals surface area contributed by atoms with Crippen molar-refractivity contribution in [3.05, 3.63) is 35.9 Å². The minimum Gasteiger partial charge on any atom is -0.345 e. The quantitative estimate of drug-likeness (QED) is 0.536. The molecule has 1 atom stereocenters. The van der Waals surface area contributed by atoms with Crippen LogP contribution in [-0.2, 0) is 14.8 Å². The Kier molecular flexibility index (Phi) is 6.53. The number of rotatable bonds is 6. The number of pyridine rings is 1. The van der Waals surface area contributed by atoms with Gasteiger partial charge in [0, 0.05) is 49.4 Å². The van der Waals surface area contributed by atoms with Gasteiger partial charge in [-0.05, 0) is 6.07 Å². The largest absolute Gasteiger partial charge is 0.389 e. The van der Waals surface area contributed by atoms with Crippen molar-refractivity contribution in [2.75, 3.05) is 30.8 Å². The molecule has 3 aromatic rings. The first-order chi connectivity index (χ1) is 15.9. The van der Waals surface area contributed by atoms with Crippen molar-refractivity contribution < 1.29 is 26.4 Å². The first kappa shape index (κ1) is 24.4. The molecule has 4 heterocycles. The summed E-state index contributed by atoms with van der Waals surface area (Å²) in [6, 6.07) is 0.577. The number of carbonyl (C=O) groups is 1. The fourth-order valence-corrected chi connectivity index (χ4v) is 4.84. The van der Waals surface area contributed by atoms with Crippen molar-refractivity contribution in [2.45, 2.75) is 25.1 Å². The van der Waals surface area contributed by atoms with E-state index in [-0.39, 0.29) is 25.5 Å². The number of ketones is 1. The van der Waals surface area contributed by atoms with Crippen molar-refractivity contribution in [2.24, 2.45) is 0 Å². The van der Waals surface area contributed by atoms with E-state index in [1.807, 2.05) is 0 Å². The number of nitrogens with zero attached hydrogens (tertiary/aromatic N) is 5. The van der Waals surface area contributed by atoms with Gasteiger partial charge in [-0.3, -0.25) is 9.78 Å². The highest BCUT2D eigenvalue weighted by Crippen LogP contribution is 2.30. The maximum Gasteiger partial charge on any atom is 0.389 e. The monoisotopic (exact) mass is 516 g/mol. The third kappa shape index (κ3) is 5.31. The number of aromatic nitrogens is 4. The average Bonchev–Trinajstić information content (AvgIpc) is 3.19. The molecular formula is C20H20ClF3N6O3S. The van der Waals surface area contributed by atoms with Crippen LogP contribution in [0.15, 0.2) is 30.9 Å². The van der Waals surface area contributed by atoms with Crippen molar-refractivity contribution in [3.8, 4) is 11.3 Å². The summed E-state index contributed by atoms with van der Waals surface area (Å²) < 4.78 is 63.3. The summed E-state index contributed by atoms with van der Waals surface area (Å²) in [5.41, 5.74) is 1.66. The van der Waals surface area contributed by atoms with Gasteiger partial charge in [-0.1, -0.05) is 11.6 Å². The predicted octanol–water partition coefficient (Wildman–Crippen LogP) is 3.04. The summed E-state index contributed by atoms with van der Waals surface area (Å²) in [4.78, 5) is 30.3. The summed E-state index contributed by atoms with van der Waals surface area (Å²) in [6.45, 7) is -0.149. The summed E-state index contributed by atoms with van der Waals surface area (Å²) in [6.07, 6.45) is 0.502. The normalized spacial score (nSPS) is 17.9. The molecule has 1 aliphatic rings. The van der Waals surface area contributed by atoms with Crippen LogP contribution in [0.1, 0.15) is 12.8 Å². The van der Waals surface area contributed by atoms with Crippen LogP contribution in [0.2, 0.25) is 5.02 Å². The highest BCUT2D eigenvalue weighted by molar-refractivity contribution is 7.88. The maximum absolute atomic E-state index is 12.8. The van der Waals surface area contributed by atoms with Gasteiger partial charge in [0.25, 0.3) is 0 Å². The lowest BCUT2D eigenvalue weighted by Crippen LogP contribution is -2.58. The molecule has 0 amide bonds. The second kappa shape index (κ2) is 9.12. The topological polar surface area (TPSA) is 112 Å². The second-order valence-corrected chi connectivity index (χ2v) is 10.3. The number of piperazine rings is 1. The van der Waals surface area contributed by atoms with Gasteiger partial charge in [0.05, 0.1) is 35.8 Å². The van der Waals surface area contributed by atoms with E-state index in [0.29, 0.717) is 27.3 Å². The zero-order chi connectivity index (χ0) is 24.7. The summed E-state index contributed by atoms with van der Waals surface area (Å²) >= 11 is 6.06. The molecule has 4 rings (SSSR count). The number of anilines is 1. The Morgan fingerprint density at radius 3 is 2.74 bits per heavy atom. The molecule has 0 aliphatic carbocycles. The van der Waals surface area contributed by atoms with E-state index in [1.165, 1.54) is 23.5 Å². The molecule has 3 aromatic heterocycles. The summed E-state index contributed by atoms with van der Waals surface area (Å²) in [5, 5.41) is 1.11.